The molecule has 0 saturated carbocycles. The van der Waals surface area contributed by atoms with E-state index in [9.17, 15) is 0 Å². The van der Waals surface area contributed by atoms with E-state index in [1.54, 1.807) is 0 Å². The maximum atomic E-state index is 5.87. The summed E-state index contributed by atoms with van der Waals surface area (Å²) in [5.41, 5.74) is 1.83. The Kier molecular flexibility index (Phi) is 8.22. The molecule has 6 nitrogen and oxygen atoms in total. The summed E-state index contributed by atoms with van der Waals surface area (Å²) in [5, 5.41) is 2.15. The van der Waals surface area contributed by atoms with E-state index in [0.29, 0.717) is 25.0 Å². The third kappa shape index (κ3) is 5.58. The van der Waals surface area contributed by atoms with Crippen LogP contribution in [0.1, 0.15) is 27.7 Å². The Morgan fingerprint density at radius 1 is 0.600 bits per heavy atom. The molecule has 3 rings (SSSR count). The lowest BCUT2D eigenvalue weighted by atomic mass is 10.1. The Balaban J connectivity index is 1.69. The molecule has 0 fully saturated rings. The van der Waals surface area contributed by atoms with Crippen molar-refractivity contribution in [3.63, 3.8) is 0 Å². The summed E-state index contributed by atoms with van der Waals surface area (Å²) >= 11 is 0. The van der Waals surface area contributed by atoms with Crippen molar-refractivity contribution >= 4 is 21.8 Å². The quantitative estimate of drug-likeness (QED) is 0.417. The van der Waals surface area contributed by atoms with E-state index in [-0.39, 0.29) is 0 Å². The van der Waals surface area contributed by atoms with Crippen molar-refractivity contribution in [2.75, 3.05) is 52.5 Å². The Bertz CT molecular complexity index is 862. The Morgan fingerprint density at radius 3 is 1.37 bits per heavy atom. The number of rotatable bonds is 12. The number of likely N-dealkylation sites (N-methyl/N-ethyl adjacent to an activating group) is 2. The van der Waals surface area contributed by atoms with Crippen LogP contribution in [0.4, 0.5) is 0 Å². The Labute approximate surface area is 179 Å². The van der Waals surface area contributed by atoms with Crippen molar-refractivity contribution < 1.29 is 9.47 Å². The number of aromatic nitrogens is 2. The predicted molar refractivity (Wildman–Crippen MR) is 124 cm³/mol. The van der Waals surface area contributed by atoms with Gasteiger partial charge in [-0.05, 0) is 50.4 Å². The van der Waals surface area contributed by atoms with Crippen molar-refractivity contribution in [1.82, 2.24) is 19.8 Å². The Morgan fingerprint density at radius 2 is 1.00 bits per heavy atom. The summed E-state index contributed by atoms with van der Waals surface area (Å²) in [4.78, 5) is 14.0. The van der Waals surface area contributed by atoms with Gasteiger partial charge in [-0.2, -0.15) is 0 Å². The van der Waals surface area contributed by atoms with Gasteiger partial charge in [0.2, 0.25) is 11.8 Å². The lowest BCUT2D eigenvalue weighted by Crippen LogP contribution is -2.28. The number of hydrogen-bond acceptors (Lipinski definition) is 6. The molecule has 0 N–H and O–H groups in total. The van der Waals surface area contributed by atoms with Crippen LogP contribution in [-0.2, 0) is 0 Å². The van der Waals surface area contributed by atoms with Gasteiger partial charge >= 0.3 is 0 Å². The van der Waals surface area contributed by atoms with Gasteiger partial charge in [0.1, 0.15) is 13.2 Å². The van der Waals surface area contributed by atoms with Crippen molar-refractivity contribution in [2.45, 2.75) is 27.7 Å². The van der Waals surface area contributed by atoms with Crippen LogP contribution in [0.5, 0.6) is 11.8 Å². The van der Waals surface area contributed by atoms with E-state index in [1.165, 1.54) is 0 Å². The molecule has 0 bridgehead atoms. The number of nitrogens with zero attached hydrogens (tertiary/aromatic N) is 4. The van der Waals surface area contributed by atoms with Crippen LogP contribution < -0.4 is 9.47 Å². The number of hydrogen-bond donors (Lipinski definition) is 0. The first-order valence-electron chi connectivity index (χ1n) is 11.1. The van der Waals surface area contributed by atoms with E-state index in [2.05, 4.69) is 59.6 Å². The SMILES string of the molecule is CCN(CC)CCOc1ccc2c(ccc3nc(OCCN(CC)CC)ccc32)n1. The molecule has 2 heterocycles. The summed E-state index contributed by atoms with van der Waals surface area (Å²) < 4.78 is 11.7. The zero-order chi connectivity index (χ0) is 21.3. The Hall–Kier alpha value is -2.44. The van der Waals surface area contributed by atoms with Gasteiger partial charge in [-0.1, -0.05) is 27.7 Å². The first-order valence-corrected chi connectivity index (χ1v) is 11.1. The molecule has 0 spiro atoms. The highest BCUT2D eigenvalue weighted by molar-refractivity contribution is 6.04. The normalized spacial score (nSPS) is 11.7. The van der Waals surface area contributed by atoms with Crippen LogP contribution in [0.25, 0.3) is 21.8 Å². The molecule has 0 atom stereocenters. The average molecular weight is 411 g/mol. The smallest absolute Gasteiger partial charge is 0.213 e. The van der Waals surface area contributed by atoms with Crippen LogP contribution in [0.15, 0.2) is 36.4 Å². The first-order chi connectivity index (χ1) is 14.7. The van der Waals surface area contributed by atoms with Gasteiger partial charge in [-0.25, -0.2) is 9.97 Å². The molecule has 6 heteroatoms. The van der Waals surface area contributed by atoms with E-state index >= 15 is 0 Å². The summed E-state index contributed by atoms with van der Waals surface area (Å²) in [7, 11) is 0. The second-order valence-electron chi connectivity index (χ2n) is 7.25. The maximum absolute atomic E-state index is 5.87. The van der Waals surface area contributed by atoms with Gasteiger partial charge in [-0.15, -0.1) is 0 Å². The van der Waals surface area contributed by atoms with Gasteiger partial charge in [-0.3, -0.25) is 0 Å². The first kappa shape index (κ1) is 22.2. The fourth-order valence-electron chi connectivity index (χ4n) is 3.58. The monoisotopic (exact) mass is 410 g/mol. The molecule has 0 aliphatic carbocycles. The van der Waals surface area contributed by atoms with Crippen molar-refractivity contribution in [3.8, 4) is 11.8 Å². The molecule has 0 aliphatic rings. The van der Waals surface area contributed by atoms with Gasteiger partial charge < -0.3 is 19.3 Å². The molecular weight excluding hydrogens is 376 g/mol. The minimum atomic E-state index is 0.642. The van der Waals surface area contributed by atoms with Gasteiger partial charge in [0.15, 0.2) is 0 Å². The fourth-order valence-corrected chi connectivity index (χ4v) is 3.58. The molecule has 2 aromatic heterocycles. The second-order valence-corrected chi connectivity index (χ2v) is 7.25. The highest BCUT2D eigenvalue weighted by Crippen LogP contribution is 2.26. The third-order valence-corrected chi connectivity index (χ3v) is 5.59. The van der Waals surface area contributed by atoms with Crippen LogP contribution in [0.2, 0.25) is 0 Å². The number of fused-ring (bicyclic) bond motifs is 3. The highest BCUT2D eigenvalue weighted by atomic mass is 16.5. The molecule has 1 aromatic carbocycles. The molecule has 162 valence electrons. The second kappa shape index (κ2) is 11.1. The van der Waals surface area contributed by atoms with Crippen LogP contribution in [0.3, 0.4) is 0 Å². The van der Waals surface area contributed by atoms with E-state index in [4.69, 9.17) is 9.47 Å². The van der Waals surface area contributed by atoms with Crippen LogP contribution in [-0.4, -0.2) is 72.3 Å². The molecule has 30 heavy (non-hydrogen) atoms. The molecule has 0 aliphatic heterocycles. The zero-order valence-corrected chi connectivity index (χ0v) is 18.7. The third-order valence-electron chi connectivity index (χ3n) is 5.59. The van der Waals surface area contributed by atoms with Crippen LogP contribution >= 0.6 is 0 Å². The minimum Gasteiger partial charge on any atom is -0.476 e. The molecule has 3 aromatic rings. The summed E-state index contributed by atoms with van der Waals surface area (Å²) in [6.07, 6.45) is 0. The summed E-state index contributed by atoms with van der Waals surface area (Å²) in [6, 6.07) is 12.0. The van der Waals surface area contributed by atoms with Crippen molar-refractivity contribution in [1.29, 1.82) is 0 Å². The molecule has 0 saturated heterocycles. The molecular formula is C24H34N4O2. The van der Waals surface area contributed by atoms with E-state index in [1.807, 2.05) is 24.3 Å². The zero-order valence-electron chi connectivity index (χ0n) is 18.7. The highest BCUT2D eigenvalue weighted by Gasteiger charge is 2.08. The number of pyridine rings is 2. The molecule has 0 unspecified atom stereocenters. The summed E-state index contributed by atoms with van der Waals surface area (Å²) in [5.74, 6) is 1.33. The van der Waals surface area contributed by atoms with Crippen LogP contribution in [0, 0.1) is 0 Å². The number of ether oxygens (including phenoxy) is 2. The largest absolute Gasteiger partial charge is 0.476 e. The molecule has 0 radical (unpaired) electrons. The van der Waals surface area contributed by atoms with Gasteiger partial charge in [0.05, 0.1) is 11.0 Å². The predicted octanol–water partition coefficient (Wildman–Crippen LogP) is 4.22. The fraction of sp³-hybridized carbons (Fsp3) is 0.500. The maximum Gasteiger partial charge on any atom is 0.213 e. The molecule has 0 amide bonds. The van der Waals surface area contributed by atoms with E-state index < -0.39 is 0 Å². The standard InChI is InChI=1S/C24H34N4O2/c1-5-27(6-2)15-17-29-23-13-9-19-20-10-14-24(30-18-16-28(7-3)8-4)26-22(20)12-11-21(19)25-23/h9-14H,5-8,15-18H2,1-4H3. The van der Waals surface area contributed by atoms with Crippen molar-refractivity contribution in [3.05, 3.63) is 36.4 Å². The number of benzene rings is 1. The summed E-state index contributed by atoms with van der Waals surface area (Å²) in [6.45, 7) is 15.9. The average Bonchev–Trinajstić information content (AvgIpc) is 2.79. The topological polar surface area (TPSA) is 50.7 Å². The van der Waals surface area contributed by atoms with Gasteiger partial charge in [0, 0.05) is 36.0 Å². The van der Waals surface area contributed by atoms with Crippen molar-refractivity contribution in [2.24, 2.45) is 0 Å². The van der Waals surface area contributed by atoms with E-state index in [0.717, 1.165) is 61.1 Å². The van der Waals surface area contributed by atoms with Gasteiger partial charge in [0.25, 0.3) is 0 Å². The minimum absolute atomic E-state index is 0.642. The lowest BCUT2D eigenvalue weighted by Gasteiger charge is -2.18. The lowest BCUT2D eigenvalue weighted by molar-refractivity contribution is 0.218.